The molecule has 0 unspecified atom stereocenters. The lowest BCUT2D eigenvalue weighted by Gasteiger charge is -2.23. The zero-order chi connectivity index (χ0) is 20.6. The van der Waals surface area contributed by atoms with Crippen molar-refractivity contribution >= 4 is 39.9 Å². The summed E-state index contributed by atoms with van der Waals surface area (Å²) < 4.78 is 39.3. The highest BCUT2D eigenvalue weighted by atomic mass is 35.5. The van der Waals surface area contributed by atoms with Crippen LogP contribution in [-0.4, -0.2) is 16.7 Å². The zero-order valence-electron chi connectivity index (χ0n) is 14.3. The summed E-state index contributed by atoms with van der Waals surface area (Å²) in [5.41, 5.74) is -0.163. The van der Waals surface area contributed by atoms with Crippen molar-refractivity contribution in [1.82, 2.24) is 9.88 Å². The second-order valence-corrected chi connectivity index (χ2v) is 6.82. The number of hydrogen-bond acceptors (Lipinski definition) is 2. The van der Waals surface area contributed by atoms with Crippen LogP contribution in [0.4, 0.5) is 13.2 Å². The minimum atomic E-state index is -5.07. The van der Waals surface area contributed by atoms with E-state index >= 15 is 0 Å². The molecule has 3 aromatic rings. The van der Waals surface area contributed by atoms with Crippen LogP contribution in [0.2, 0.25) is 10.0 Å². The first-order valence-corrected chi connectivity index (χ1v) is 8.84. The molecule has 4 nitrogen and oxygen atoms in total. The van der Waals surface area contributed by atoms with Crippen LogP contribution < -0.4 is 10.9 Å². The predicted octanol–water partition coefficient (Wildman–Crippen LogP) is 5.04. The van der Waals surface area contributed by atoms with E-state index in [-0.39, 0.29) is 26.5 Å². The minimum Gasteiger partial charge on any atom is -0.340 e. The van der Waals surface area contributed by atoms with E-state index in [9.17, 15) is 22.8 Å². The van der Waals surface area contributed by atoms with Gasteiger partial charge in [-0.25, -0.2) is 0 Å². The van der Waals surface area contributed by atoms with Gasteiger partial charge in [0.1, 0.15) is 0 Å². The highest BCUT2D eigenvalue weighted by Gasteiger charge is 2.40. The van der Waals surface area contributed by atoms with Crippen LogP contribution in [0, 0.1) is 0 Å². The molecule has 9 heteroatoms. The highest BCUT2D eigenvalue weighted by molar-refractivity contribution is 6.40. The van der Waals surface area contributed by atoms with Gasteiger partial charge in [0.05, 0.1) is 27.2 Å². The van der Waals surface area contributed by atoms with E-state index in [1.54, 1.807) is 42.5 Å². The number of nitrogens with zero attached hydrogens (tertiary/aromatic N) is 1. The summed E-state index contributed by atoms with van der Waals surface area (Å²) in [7, 11) is 0. The number of halogens is 5. The standard InChI is InChI=1S/C19H13Cl2F3N2O2/c1-10(25-18(28)19(22,23)24)16-15(21)12-8-5-9-13(20)14(12)17(27)26(16)11-6-3-2-4-7-11/h2-10H,1H3,(H,25,28)/t10-/m0/s1. The number of nitrogens with one attached hydrogen (secondary N) is 1. The van der Waals surface area contributed by atoms with Gasteiger partial charge >= 0.3 is 12.1 Å². The Balaban J connectivity index is 2.33. The Morgan fingerprint density at radius 3 is 2.32 bits per heavy atom. The van der Waals surface area contributed by atoms with Crippen LogP contribution in [0.1, 0.15) is 18.7 Å². The quantitative estimate of drug-likeness (QED) is 0.635. The molecule has 2 aromatic carbocycles. The molecule has 1 heterocycles. The van der Waals surface area contributed by atoms with Crippen LogP contribution >= 0.6 is 23.2 Å². The normalized spacial score (nSPS) is 12.8. The van der Waals surface area contributed by atoms with Crippen LogP contribution in [0.5, 0.6) is 0 Å². The number of benzene rings is 2. The summed E-state index contributed by atoms with van der Waals surface area (Å²) in [6, 6.07) is 11.7. The molecular weight excluding hydrogens is 416 g/mol. The summed E-state index contributed by atoms with van der Waals surface area (Å²) in [5.74, 6) is -2.13. The monoisotopic (exact) mass is 428 g/mol. The third kappa shape index (κ3) is 3.59. The van der Waals surface area contributed by atoms with E-state index in [4.69, 9.17) is 23.2 Å². The molecule has 28 heavy (non-hydrogen) atoms. The predicted molar refractivity (Wildman–Crippen MR) is 102 cm³/mol. The number of carbonyl (C=O) groups excluding carboxylic acids is 1. The van der Waals surface area contributed by atoms with Gasteiger partial charge < -0.3 is 5.32 Å². The van der Waals surface area contributed by atoms with Crippen LogP contribution in [0.3, 0.4) is 0 Å². The summed E-state index contributed by atoms with van der Waals surface area (Å²) in [6.07, 6.45) is -5.07. The van der Waals surface area contributed by atoms with E-state index in [1.807, 2.05) is 5.32 Å². The number of aromatic nitrogens is 1. The number of hydrogen-bond donors (Lipinski definition) is 1. The molecule has 0 saturated heterocycles. The molecule has 0 radical (unpaired) electrons. The summed E-state index contributed by atoms with van der Waals surface area (Å²) >= 11 is 12.7. The molecule has 0 aliphatic carbocycles. The van der Waals surface area contributed by atoms with Gasteiger partial charge in [-0.1, -0.05) is 53.5 Å². The molecule has 0 bridgehead atoms. The highest BCUT2D eigenvalue weighted by Crippen LogP contribution is 2.33. The molecule has 0 saturated carbocycles. The topological polar surface area (TPSA) is 51.1 Å². The largest absolute Gasteiger partial charge is 0.471 e. The lowest BCUT2D eigenvalue weighted by molar-refractivity contribution is -0.174. The molecule has 1 N–H and O–H groups in total. The van der Waals surface area contributed by atoms with Gasteiger partial charge in [-0.05, 0) is 25.1 Å². The molecule has 0 aliphatic heterocycles. The van der Waals surface area contributed by atoms with Gasteiger partial charge in [0, 0.05) is 11.1 Å². The lowest BCUT2D eigenvalue weighted by atomic mass is 10.1. The van der Waals surface area contributed by atoms with E-state index in [2.05, 4.69) is 0 Å². The Kier molecular flexibility index (Phi) is 5.41. The van der Waals surface area contributed by atoms with Gasteiger partial charge in [-0.15, -0.1) is 0 Å². The molecule has 0 spiro atoms. The second kappa shape index (κ2) is 7.48. The summed E-state index contributed by atoms with van der Waals surface area (Å²) in [6.45, 7) is 1.32. The van der Waals surface area contributed by atoms with Crippen molar-refractivity contribution in [2.75, 3.05) is 0 Å². The molecular formula is C19H13Cl2F3N2O2. The van der Waals surface area contributed by atoms with Crippen molar-refractivity contribution in [3.05, 3.63) is 74.6 Å². The average molecular weight is 429 g/mol. The molecule has 0 aliphatic rings. The van der Waals surface area contributed by atoms with E-state index in [1.165, 1.54) is 13.0 Å². The first kappa shape index (κ1) is 20.2. The van der Waals surface area contributed by atoms with Crippen molar-refractivity contribution in [2.24, 2.45) is 0 Å². The van der Waals surface area contributed by atoms with Crippen LogP contribution in [0.15, 0.2) is 53.3 Å². The Morgan fingerprint density at radius 1 is 1.07 bits per heavy atom. The van der Waals surface area contributed by atoms with Gasteiger partial charge in [-0.3, -0.25) is 14.2 Å². The SMILES string of the molecule is C[C@H](NC(=O)C(F)(F)F)c1c(Cl)c2cccc(Cl)c2c(=O)n1-c1ccccc1. The Bertz CT molecular complexity index is 1110. The number of pyridine rings is 1. The van der Waals surface area contributed by atoms with E-state index in [0.29, 0.717) is 5.69 Å². The van der Waals surface area contributed by atoms with E-state index in [0.717, 1.165) is 4.57 Å². The smallest absolute Gasteiger partial charge is 0.340 e. The van der Waals surface area contributed by atoms with Crippen molar-refractivity contribution < 1.29 is 18.0 Å². The van der Waals surface area contributed by atoms with Crippen molar-refractivity contribution in [2.45, 2.75) is 19.1 Å². The maximum absolute atomic E-state index is 13.2. The molecule has 0 fully saturated rings. The Morgan fingerprint density at radius 2 is 1.71 bits per heavy atom. The van der Waals surface area contributed by atoms with Crippen LogP contribution in [-0.2, 0) is 4.79 Å². The summed E-state index contributed by atoms with van der Waals surface area (Å²) in [4.78, 5) is 24.6. The third-order valence-electron chi connectivity index (χ3n) is 4.16. The van der Waals surface area contributed by atoms with Crippen molar-refractivity contribution in [1.29, 1.82) is 0 Å². The second-order valence-electron chi connectivity index (χ2n) is 6.03. The number of alkyl halides is 3. The number of para-hydroxylation sites is 1. The molecule has 3 rings (SSSR count). The maximum atomic E-state index is 13.2. The Labute approximate surface area is 167 Å². The van der Waals surface area contributed by atoms with Gasteiger partial charge in [0.25, 0.3) is 5.56 Å². The molecule has 1 atom stereocenters. The average Bonchev–Trinajstić information content (AvgIpc) is 2.64. The maximum Gasteiger partial charge on any atom is 0.471 e. The molecule has 1 aromatic heterocycles. The fourth-order valence-corrected chi connectivity index (χ4v) is 3.61. The van der Waals surface area contributed by atoms with Gasteiger partial charge in [-0.2, -0.15) is 13.2 Å². The van der Waals surface area contributed by atoms with E-state index < -0.39 is 23.7 Å². The summed E-state index contributed by atoms with van der Waals surface area (Å²) in [5, 5.41) is 2.46. The van der Waals surface area contributed by atoms with Crippen molar-refractivity contribution in [3.63, 3.8) is 0 Å². The van der Waals surface area contributed by atoms with Gasteiger partial charge in [0.15, 0.2) is 0 Å². The Hall–Kier alpha value is -2.51. The number of rotatable bonds is 3. The lowest BCUT2D eigenvalue weighted by Crippen LogP contribution is -2.40. The number of amides is 1. The zero-order valence-corrected chi connectivity index (χ0v) is 15.9. The first-order chi connectivity index (χ1) is 13.1. The number of fused-ring (bicyclic) bond motifs is 1. The fraction of sp³-hybridized carbons (Fsp3) is 0.158. The fourth-order valence-electron chi connectivity index (χ4n) is 2.95. The molecule has 1 amide bonds. The third-order valence-corrected chi connectivity index (χ3v) is 4.87. The molecule has 146 valence electrons. The van der Waals surface area contributed by atoms with Crippen molar-refractivity contribution in [3.8, 4) is 5.69 Å². The number of carbonyl (C=O) groups is 1. The van der Waals surface area contributed by atoms with Gasteiger partial charge in [0.2, 0.25) is 0 Å². The first-order valence-electron chi connectivity index (χ1n) is 8.08. The minimum absolute atomic E-state index is 0.0187. The van der Waals surface area contributed by atoms with Crippen LogP contribution in [0.25, 0.3) is 16.5 Å².